The Kier molecular flexibility index (Phi) is 5.79. The van der Waals surface area contributed by atoms with E-state index in [2.05, 4.69) is 21.8 Å². The highest BCUT2D eigenvalue weighted by Crippen LogP contribution is 2.41. The summed E-state index contributed by atoms with van der Waals surface area (Å²) in [7, 11) is 0. The van der Waals surface area contributed by atoms with E-state index >= 15 is 0 Å². The fraction of sp³-hybridized carbons (Fsp3) is 0.696. The third-order valence-corrected chi connectivity index (χ3v) is 6.38. The molecule has 4 rings (SSSR count). The van der Waals surface area contributed by atoms with Gasteiger partial charge in [-0.15, -0.1) is 0 Å². The molecular weight excluding hydrogens is 416 g/mol. The first-order valence-corrected chi connectivity index (χ1v) is 11.4. The van der Waals surface area contributed by atoms with Gasteiger partial charge >= 0.3 is 6.09 Å². The third-order valence-electron chi connectivity index (χ3n) is 6.38. The lowest BCUT2D eigenvalue weighted by Gasteiger charge is -2.44. The maximum atomic E-state index is 14.0. The average Bonchev–Trinajstić information content (AvgIpc) is 3.11. The largest absolute Gasteiger partial charge is 0.444 e. The molecule has 32 heavy (non-hydrogen) atoms. The van der Waals surface area contributed by atoms with Crippen LogP contribution >= 0.6 is 0 Å². The molecular formula is C23H33F2N5O2. The smallest absolute Gasteiger partial charge is 0.410 e. The van der Waals surface area contributed by atoms with Crippen molar-refractivity contribution >= 4 is 22.9 Å². The summed E-state index contributed by atoms with van der Waals surface area (Å²) in [5, 5.41) is 0.853. The van der Waals surface area contributed by atoms with E-state index in [4.69, 9.17) is 4.74 Å². The number of ether oxygens (including phenoxy) is 1. The summed E-state index contributed by atoms with van der Waals surface area (Å²) >= 11 is 0. The van der Waals surface area contributed by atoms with Crippen LogP contribution in [0, 0.1) is 0 Å². The van der Waals surface area contributed by atoms with E-state index in [1.807, 2.05) is 44.5 Å². The zero-order valence-corrected chi connectivity index (χ0v) is 19.5. The Bertz CT molecular complexity index is 986. The topological polar surface area (TPSA) is 63.5 Å². The fourth-order valence-electron chi connectivity index (χ4n) is 4.86. The van der Waals surface area contributed by atoms with Crippen molar-refractivity contribution in [2.45, 2.75) is 90.0 Å². The Labute approximate surface area is 187 Å². The van der Waals surface area contributed by atoms with E-state index < -0.39 is 11.5 Å². The molecule has 0 bridgehead atoms. The predicted octanol–water partition coefficient (Wildman–Crippen LogP) is 5.02. The van der Waals surface area contributed by atoms with Crippen LogP contribution in [0.5, 0.6) is 0 Å². The van der Waals surface area contributed by atoms with Crippen LogP contribution in [-0.2, 0) is 4.74 Å². The molecule has 2 aliphatic rings. The lowest BCUT2D eigenvalue weighted by atomic mass is 9.92. The van der Waals surface area contributed by atoms with Crippen LogP contribution in [-0.4, -0.2) is 62.2 Å². The van der Waals surface area contributed by atoms with Gasteiger partial charge in [0.25, 0.3) is 0 Å². The summed E-state index contributed by atoms with van der Waals surface area (Å²) in [6.07, 6.45) is 4.09. The normalized spacial score (nSPS) is 26.4. The molecule has 3 atom stereocenters. The van der Waals surface area contributed by atoms with Gasteiger partial charge in [-0.2, -0.15) is 0 Å². The minimum absolute atomic E-state index is 0.0131. The van der Waals surface area contributed by atoms with Crippen LogP contribution in [0.2, 0.25) is 0 Å². The number of piperazine rings is 1. The van der Waals surface area contributed by atoms with E-state index in [9.17, 15) is 13.6 Å². The van der Waals surface area contributed by atoms with Gasteiger partial charge in [0.1, 0.15) is 23.4 Å². The maximum Gasteiger partial charge on any atom is 0.410 e. The molecule has 1 aliphatic carbocycles. The van der Waals surface area contributed by atoms with E-state index in [1.165, 1.54) is 6.33 Å². The quantitative estimate of drug-likeness (QED) is 0.645. The SMILES string of the molecule is CC1CN(C(=O)OC(C)(C)C)[C@@H](C)CN1c1ncnc2c1ccn2C1CCCC(F)(F)C1. The Hall–Kier alpha value is -2.45. The van der Waals surface area contributed by atoms with Crippen molar-refractivity contribution < 1.29 is 18.3 Å². The lowest BCUT2D eigenvalue weighted by molar-refractivity contribution is -0.0491. The van der Waals surface area contributed by atoms with Crippen LogP contribution in [0.3, 0.4) is 0 Å². The van der Waals surface area contributed by atoms with Crippen LogP contribution in [0.1, 0.15) is 66.3 Å². The summed E-state index contributed by atoms with van der Waals surface area (Å²) in [5.74, 6) is -1.85. The van der Waals surface area contributed by atoms with Crippen LogP contribution < -0.4 is 4.90 Å². The number of carbonyl (C=O) groups excluding carboxylic acids is 1. The average molecular weight is 450 g/mol. The molecule has 3 heterocycles. The second kappa shape index (κ2) is 8.15. The molecule has 1 saturated carbocycles. The number of fused-ring (bicyclic) bond motifs is 1. The second-order valence-corrected chi connectivity index (χ2v) is 10.2. The number of hydrogen-bond acceptors (Lipinski definition) is 5. The summed E-state index contributed by atoms with van der Waals surface area (Å²) in [5.41, 5.74) is 0.140. The molecule has 0 spiro atoms. The van der Waals surface area contributed by atoms with Crippen molar-refractivity contribution in [2.24, 2.45) is 0 Å². The van der Waals surface area contributed by atoms with Crippen molar-refractivity contribution in [3.8, 4) is 0 Å². The molecule has 1 amide bonds. The Balaban J connectivity index is 1.58. The van der Waals surface area contributed by atoms with Gasteiger partial charge in [-0.3, -0.25) is 0 Å². The van der Waals surface area contributed by atoms with Gasteiger partial charge in [0.15, 0.2) is 0 Å². The van der Waals surface area contributed by atoms with E-state index in [0.29, 0.717) is 25.2 Å². The second-order valence-electron chi connectivity index (χ2n) is 10.2. The van der Waals surface area contributed by atoms with Gasteiger partial charge in [0.2, 0.25) is 5.92 Å². The number of nitrogens with zero attached hydrogens (tertiary/aromatic N) is 5. The Morgan fingerprint density at radius 3 is 2.62 bits per heavy atom. The highest BCUT2D eigenvalue weighted by molar-refractivity contribution is 5.88. The van der Waals surface area contributed by atoms with Crippen LogP contribution in [0.4, 0.5) is 19.4 Å². The van der Waals surface area contributed by atoms with Crippen molar-refractivity contribution in [1.29, 1.82) is 0 Å². The number of halogens is 2. The minimum Gasteiger partial charge on any atom is -0.444 e. The molecule has 1 aliphatic heterocycles. The third kappa shape index (κ3) is 4.52. The van der Waals surface area contributed by atoms with Gasteiger partial charge in [-0.1, -0.05) is 0 Å². The number of hydrogen-bond donors (Lipinski definition) is 0. The van der Waals surface area contributed by atoms with Crippen LogP contribution in [0.15, 0.2) is 18.6 Å². The van der Waals surface area contributed by atoms with Gasteiger partial charge in [-0.25, -0.2) is 23.5 Å². The molecule has 2 aromatic rings. The first-order chi connectivity index (χ1) is 15.0. The zero-order valence-electron chi connectivity index (χ0n) is 19.5. The molecule has 2 unspecified atom stereocenters. The Morgan fingerprint density at radius 2 is 1.94 bits per heavy atom. The first-order valence-electron chi connectivity index (χ1n) is 11.4. The highest BCUT2D eigenvalue weighted by atomic mass is 19.3. The molecule has 7 nitrogen and oxygen atoms in total. The number of carbonyl (C=O) groups is 1. The molecule has 176 valence electrons. The summed E-state index contributed by atoms with van der Waals surface area (Å²) < 4.78 is 35.5. The van der Waals surface area contributed by atoms with Crippen LogP contribution in [0.25, 0.3) is 11.0 Å². The van der Waals surface area contributed by atoms with E-state index in [1.54, 1.807) is 4.90 Å². The maximum absolute atomic E-state index is 14.0. The molecule has 9 heteroatoms. The molecule has 2 fully saturated rings. The molecule has 0 radical (unpaired) electrons. The number of anilines is 1. The number of rotatable bonds is 2. The fourth-order valence-corrected chi connectivity index (χ4v) is 4.86. The number of alkyl halides is 2. The van der Waals surface area contributed by atoms with Gasteiger partial charge in [0, 0.05) is 50.3 Å². The van der Waals surface area contributed by atoms with E-state index in [-0.39, 0.29) is 37.1 Å². The lowest BCUT2D eigenvalue weighted by Crippen LogP contribution is -2.59. The summed E-state index contributed by atoms with van der Waals surface area (Å²) in [4.78, 5) is 25.6. The van der Waals surface area contributed by atoms with Gasteiger partial charge in [0.05, 0.1) is 5.39 Å². The monoisotopic (exact) mass is 449 g/mol. The molecule has 0 aromatic carbocycles. The number of amides is 1. The van der Waals surface area contributed by atoms with Crippen molar-refractivity contribution in [2.75, 3.05) is 18.0 Å². The van der Waals surface area contributed by atoms with Crippen molar-refractivity contribution in [1.82, 2.24) is 19.4 Å². The molecule has 2 aromatic heterocycles. The highest BCUT2D eigenvalue weighted by Gasteiger charge is 2.38. The predicted molar refractivity (Wildman–Crippen MR) is 119 cm³/mol. The van der Waals surface area contributed by atoms with E-state index in [0.717, 1.165) is 17.6 Å². The van der Waals surface area contributed by atoms with Gasteiger partial charge in [-0.05, 0) is 53.5 Å². The number of aromatic nitrogens is 3. The summed E-state index contributed by atoms with van der Waals surface area (Å²) in [6, 6.07) is 1.61. The van der Waals surface area contributed by atoms with Gasteiger partial charge < -0.3 is 19.1 Å². The van der Waals surface area contributed by atoms with Crippen molar-refractivity contribution in [3.63, 3.8) is 0 Å². The molecule has 0 N–H and O–H groups in total. The standard InChI is InChI=1S/C23H33F2N5O2/c1-15-13-30(21(31)32-22(3,4)5)16(2)12-29(15)20-18-8-10-28(19(18)26-14-27-20)17-7-6-9-23(24,25)11-17/h8,10,14-17H,6-7,9,11-13H2,1-5H3/t15?,16-,17?/m0/s1. The zero-order chi connectivity index (χ0) is 23.3. The Morgan fingerprint density at radius 1 is 1.19 bits per heavy atom. The summed E-state index contributed by atoms with van der Waals surface area (Å²) in [6.45, 7) is 10.7. The first kappa shape index (κ1) is 22.7. The molecule has 1 saturated heterocycles. The minimum atomic E-state index is -2.63. The van der Waals surface area contributed by atoms with Crippen molar-refractivity contribution in [3.05, 3.63) is 18.6 Å².